The zero-order chi connectivity index (χ0) is 14.8. The fourth-order valence-electron chi connectivity index (χ4n) is 2.27. The van der Waals surface area contributed by atoms with Crippen LogP contribution in [0, 0.1) is 0 Å². The van der Waals surface area contributed by atoms with E-state index in [-0.39, 0.29) is 24.3 Å². The lowest BCUT2D eigenvalue weighted by molar-refractivity contribution is 0.174. The first-order chi connectivity index (χ1) is 10.1. The molecule has 1 aliphatic heterocycles. The normalized spacial score (nSPS) is 14.1. The summed E-state index contributed by atoms with van der Waals surface area (Å²) in [6, 6.07) is 10.5. The van der Waals surface area contributed by atoms with Gasteiger partial charge in [-0.25, -0.2) is 0 Å². The molecule has 0 aromatic heterocycles. The molecule has 0 fully saturated rings. The molecule has 5 heteroatoms. The van der Waals surface area contributed by atoms with Crippen LogP contribution in [0.5, 0.6) is 23.0 Å². The fourth-order valence-corrected chi connectivity index (χ4v) is 2.27. The fraction of sp³-hybridized carbons (Fsp3) is 0.250. The number of phenols is 2. The number of hydrogen-bond donors (Lipinski definition) is 3. The highest BCUT2D eigenvalue weighted by molar-refractivity contribution is 5.45. The van der Waals surface area contributed by atoms with Crippen molar-refractivity contribution >= 4 is 0 Å². The lowest BCUT2D eigenvalue weighted by atomic mass is 10.1. The van der Waals surface area contributed by atoms with Gasteiger partial charge >= 0.3 is 0 Å². The molecule has 0 radical (unpaired) electrons. The number of hydrogen-bond acceptors (Lipinski definition) is 5. The van der Waals surface area contributed by atoms with Crippen molar-refractivity contribution in [1.82, 2.24) is 5.32 Å². The van der Waals surface area contributed by atoms with Crippen molar-refractivity contribution in [2.24, 2.45) is 0 Å². The summed E-state index contributed by atoms with van der Waals surface area (Å²) in [7, 11) is 0. The van der Waals surface area contributed by atoms with Gasteiger partial charge in [-0.2, -0.15) is 0 Å². The van der Waals surface area contributed by atoms with Crippen LogP contribution in [0.4, 0.5) is 0 Å². The van der Waals surface area contributed by atoms with Crippen LogP contribution in [0.3, 0.4) is 0 Å². The Morgan fingerprint density at radius 2 is 1.90 bits per heavy atom. The van der Waals surface area contributed by atoms with E-state index in [4.69, 9.17) is 9.47 Å². The van der Waals surface area contributed by atoms with Gasteiger partial charge in [-0.3, -0.25) is 0 Å². The Hall–Kier alpha value is -2.40. The smallest absolute Gasteiger partial charge is 0.231 e. The minimum absolute atomic E-state index is 0.0556. The standard InChI is InChI=1S/C16H17NO4/c1-10(11-3-5-15-16(6-11)21-9-20-15)17-8-12-2-4-13(18)7-14(12)19/h2-7,10,17-19H,8-9H2,1H3. The van der Waals surface area contributed by atoms with Crippen LogP contribution < -0.4 is 14.8 Å². The summed E-state index contributed by atoms with van der Waals surface area (Å²) in [4.78, 5) is 0. The summed E-state index contributed by atoms with van der Waals surface area (Å²) in [6.45, 7) is 2.80. The number of rotatable bonds is 4. The summed E-state index contributed by atoms with van der Waals surface area (Å²) < 4.78 is 10.7. The largest absolute Gasteiger partial charge is 0.508 e. The van der Waals surface area contributed by atoms with Gasteiger partial charge in [-0.1, -0.05) is 12.1 Å². The maximum atomic E-state index is 9.77. The Labute approximate surface area is 122 Å². The molecule has 1 heterocycles. The molecule has 1 unspecified atom stereocenters. The first-order valence-electron chi connectivity index (χ1n) is 6.77. The maximum absolute atomic E-state index is 9.77. The van der Waals surface area contributed by atoms with Gasteiger partial charge in [0.15, 0.2) is 11.5 Å². The first kappa shape index (κ1) is 13.6. The van der Waals surface area contributed by atoms with Crippen LogP contribution >= 0.6 is 0 Å². The zero-order valence-electron chi connectivity index (χ0n) is 11.7. The molecule has 0 bridgehead atoms. The van der Waals surface area contributed by atoms with Crippen LogP contribution in [0.25, 0.3) is 0 Å². The van der Waals surface area contributed by atoms with E-state index in [0.29, 0.717) is 6.54 Å². The van der Waals surface area contributed by atoms with Crippen LogP contribution in [0.2, 0.25) is 0 Å². The molecule has 0 saturated heterocycles. The lowest BCUT2D eigenvalue weighted by Crippen LogP contribution is -2.18. The first-order valence-corrected chi connectivity index (χ1v) is 6.77. The molecule has 0 amide bonds. The van der Waals surface area contributed by atoms with Gasteiger partial charge in [0.1, 0.15) is 11.5 Å². The molecule has 0 spiro atoms. The van der Waals surface area contributed by atoms with Gasteiger partial charge in [-0.05, 0) is 30.7 Å². The number of fused-ring (bicyclic) bond motifs is 1. The summed E-state index contributed by atoms with van der Waals surface area (Å²) in [5, 5.41) is 22.4. The summed E-state index contributed by atoms with van der Waals surface area (Å²) >= 11 is 0. The van der Waals surface area contributed by atoms with E-state index < -0.39 is 0 Å². The van der Waals surface area contributed by atoms with Gasteiger partial charge in [-0.15, -0.1) is 0 Å². The Bertz CT molecular complexity index is 657. The van der Waals surface area contributed by atoms with Crippen molar-refractivity contribution in [2.45, 2.75) is 19.5 Å². The van der Waals surface area contributed by atoms with E-state index in [0.717, 1.165) is 22.6 Å². The Morgan fingerprint density at radius 1 is 1.10 bits per heavy atom. The predicted octanol–water partition coefficient (Wildman–Crippen LogP) is 2.68. The van der Waals surface area contributed by atoms with Crippen molar-refractivity contribution in [3.8, 4) is 23.0 Å². The number of nitrogens with one attached hydrogen (secondary N) is 1. The molecule has 1 aliphatic rings. The van der Waals surface area contributed by atoms with Crippen LogP contribution in [-0.4, -0.2) is 17.0 Å². The Balaban J connectivity index is 1.67. The minimum atomic E-state index is 0.0556. The van der Waals surface area contributed by atoms with Gasteiger partial charge in [0.2, 0.25) is 6.79 Å². The second-order valence-electron chi connectivity index (χ2n) is 5.03. The van der Waals surface area contributed by atoms with E-state index in [2.05, 4.69) is 5.32 Å². The second-order valence-corrected chi connectivity index (χ2v) is 5.03. The Kier molecular flexibility index (Phi) is 3.58. The monoisotopic (exact) mass is 287 g/mol. The molecule has 1 atom stereocenters. The van der Waals surface area contributed by atoms with Crippen molar-refractivity contribution in [3.05, 3.63) is 47.5 Å². The molecule has 3 N–H and O–H groups in total. The van der Waals surface area contributed by atoms with Crippen molar-refractivity contribution in [1.29, 1.82) is 0 Å². The zero-order valence-corrected chi connectivity index (χ0v) is 11.7. The highest BCUT2D eigenvalue weighted by atomic mass is 16.7. The van der Waals surface area contributed by atoms with Gasteiger partial charge < -0.3 is 25.0 Å². The molecule has 2 aromatic carbocycles. The van der Waals surface area contributed by atoms with E-state index in [9.17, 15) is 10.2 Å². The quantitative estimate of drug-likeness (QED) is 0.806. The number of aromatic hydroxyl groups is 2. The van der Waals surface area contributed by atoms with Gasteiger partial charge in [0.05, 0.1) is 0 Å². The van der Waals surface area contributed by atoms with E-state index in [1.807, 2.05) is 25.1 Å². The molecule has 3 rings (SSSR count). The summed E-state index contributed by atoms with van der Waals surface area (Å²) in [6.07, 6.45) is 0. The summed E-state index contributed by atoms with van der Waals surface area (Å²) in [5.74, 6) is 1.66. The van der Waals surface area contributed by atoms with Crippen LogP contribution in [-0.2, 0) is 6.54 Å². The van der Waals surface area contributed by atoms with Crippen molar-refractivity contribution in [2.75, 3.05) is 6.79 Å². The second kappa shape index (κ2) is 5.54. The SMILES string of the molecule is CC(NCc1ccc(O)cc1O)c1ccc2c(c1)OCO2. The molecule has 110 valence electrons. The highest BCUT2D eigenvalue weighted by Crippen LogP contribution is 2.34. The molecular weight excluding hydrogens is 270 g/mol. The number of phenolic OH excluding ortho intramolecular Hbond substituents is 2. The van der Waals surface area contributed by atoms with Gasteiger partial charge in [0.25, 0.3) is 0 Å². The number of benzene rings is 2. The average Bonchev–Trinajstić information content (AvgIpc) is 2.93. The summed E-state index contributed by atoms with van der Waals surface area (Å²) in [5.41, 5.74) is 1.82. The average molecular weight is 287 g/mol. The van der Waals surface area contributed by atoms with Crippen molar-refractivity contribution < 1.29 is 19.7 Å². The van der Waals surface area contributed by atoms with Crippen LogP contribution in [0.15, 0.2) is 36.4 Å². The van der Waals surface area contributed by atoms with E-state index >= 15 is 0 Å². The number of ether oxygens (including phenoxy) is 2. The third-order valence-electron chi connectivity index (χ3n) is 3.56. The molecular formula is C16H17NO4. The molecule has 5 nitrogen and oxygen atoms in total. The Morgan fingerprint density at radius 3 is 2.71 bits per heavy atom. The third kappa shape index (κ3) is 2.87. The van der Waals surface area contributed by atoms with E-state index in [1.54, 1.807) is 12.1 Å². The molecule has 2 aromatic rings. The highest BCUT2D eigenvalue weighted by Gasteiger charge is 2.15. The predicted molar refractivity (Wildman–Crippen MR) is 77.6 cm³/mol. The van der Waals surface area contributed by atoms with Gasteiger partial charge in [0, 0.05) is 24.2 Å². The molecule has 0 saturated carbocycles. The van der Waals surface area contributed by atoms with E-state index in [1.165, 1.54) is 6.07 Å². The third-order valence-corrected chi connectivity index (χ3v) is 3.56. The molecule has 0 aliphatic carbocycles. The minimum Gasteiger partial charge on any atom is -0.508 e. The van der Waals surface area contributed by atoms with Crippen LogP contribution in [0.1, 0.15) is 24.1 Å². The molecule has 21 heavy (non-hydrogen) atoms. The topological polar surface area (TPSA) is 71.0 Å². The van der Waals surface area contributed by atoms with Crippen molar-refractivity contribution in [3.63, 3.8) is 0 Å². The maximum Gasteiger partial charge on any atom is 0.231 e. The lowest BCUT2D eigenvalue weighted by Gasteiger charge is -2.15.